The van der Waals surface area contributed by atoms with Crippen LogP contribution in [0.2, 0.25) is 0 Å². The van der Waals surface area contributed by atoms with Crippen LogP contribution in [0.15, 0.2) is 36.5 Å². The molecule has 200 valence electrons. The Bertz CT molecular complexity index is 998. The molecule has 1 aliphatic heterocycles. The number of hydrogen-bond donors (Lipinski definition) is 0. The second-order valence-electron chi connectivity index (χ2n) is 9.43. The monoisotopic (exact) mass is 510 g/mol. The van der Waals surface area contributed by atoms with Crippen LogP contribution in [0.3, 0.4) is 0 Å². The van der Waals surface area contributed by atoms with Crippen molar-refractivity contribution < 1.29 is 28.4 Å². The highest BCUT2D eigenvalue weighted by atomic mass is 16.6. The molecule has 0 radical (unpaired) electrons. The van der Waals surface area contributed by atoms with Crippen LogP contribution < -0.4 is 15.1 Å². The molecule has 0 unspecified atom stereocenters. The highest BCUT2D eigenvalue weighted by Crippen LogP contribution is 2.33. The molecule has 1 saturated heterocycles. The number of unbranched alkanes of at least 4 members (excludes halogenated alkanes) is 6. The molecule has 0 saturated carbocycles. The lowest BCUT2D eigenvalue weighted by molar-refractivity contribution is -0.145. The Morgan fingerprint density at radius 2 is 1.51 bits per heavy atom. The summed E-state index contributed by atoms with van der Waals surface area (Å²) in [6.07, 6.45) is 10.6. The fourth-order valence-electron chi connectivity index (χ4n) is 4.08. The van der Waals surface area contributed by atoms with Gasteiger partial charge in [-0.2, -0.15) is 0 Å². The average Bonchev–Trinajstić information content (AvgIpc) is 2.87. The zero-order valence-electron chi connectivity index (χ0n) is 22.4. The van der Waals surface area contributed by atoms with E-state index in [1.54, 1.807) is 24.2 Å². The van der Waals surface area contributed by atoms with Gasteiger partial charge in [0, 0.05) is 17.8 Å². The Hall–Kier alpha value is -3.07. The van der Waals surface area contributed by atoms with Gasteiger partial charge in [-0.15, -0.1) is 0 Å². The van der Waals surface area contributed by atoms with Crippen LogP contribution in [0.4, 0.5) is 0 Å². The van der Waals surface area contributed by atoms with Gasteiger partial charge in [-0.05, 0) is 49.7 Å². The number of likely N-dealkylation sites (N-methyl/N-ethyl adjacent to an activating group) is 1. The third-order valence-corrected chi connectivity index (χ3v) is 6.08. The molecule has 1 aromatic carbocycles. The van der Waals surface area contributed by atoms with E-state index in [0.29, 0.717) is 24.6 Å². The number of hydrogen-bond acceptors (Lipinski definition) is 8. The average molecular weight is 510 g/mol. The first-order chi connectivity index (χ1) is 18.0. The maximum atomic E-state index is 12.2. The number of nitrogens with zero attached hydrogens (tertiary/aromatic N) is 2. The first-order valence-electron chi connectivity index (χ1n) is 13.4. The summed E-state index contributed by atoms with van der Waals surface area (Å²) in [5, 5.41) is 0. The number of carbonyl (C=O) groups excluding carboxylic acids is 2. The Morgan fingerprint density at radius 1 is 0.865 bits per heavy atom. The minimum atomic E-state index is -1.20. The van der Waals surface area contributed by atoms with Gasteiger partial charge >= 0.3 is 19.1 Å². The smallest absolute Gasteiger partial charge is 0.493 e. The van der Waals surface area contributed by atoms with Crippen LogP contribution in [-0.2, 0) is 18.9 Å². The molecule has 0 atom stereocenters. The number of aromatic nitrogens is 1. The van der Waals surface area contributed by atoms with Crippen molar-refractivity contribution in [3.63, 3.8) is 0 Å². The molecule has 37 heavy (non-hydrogen) atoms. The van der Waals surface area contributed by atoms with E-state index in [2.05, 4.69) is 18.8 Å². The number of carbonyl (C=O) groups is 2. The highest BCUT2D eigenvalue weighted by molar-refractivity contribution is 6.63. The molecule has 0 bridgehead atoms. The first-order valence-corrected chi connectivity index (χ1v) is 13.4. The third-order valence-electron chi connectivity index (χ3n) is 6.08. The predicted octanol–water partition coefficient (Wildman–Crippen LogP) is 4.39. The second kappa shape index (κ2) is 15.2. The van der Waals surface area contributed by atoms with Gasteiger partial charge < -0.3 is 18.8 Å². The van der Waals surface area contributed by atoms with E-state index in [4.69, 9.17) is 18.8 Å². The molecule has 0 aliphatic carbocycles. The van der Waals surface area contributed by atoms with Crippen LogP contribution >= 0.6 is 0 Å². The normalized spacial score (nSPS) is 14.5. The van der Waals surface area contributed by atoms with Crippen LogP contribution in [-0.4, -0.2) is 62.3 Å². The minimum Gasteiger partial charge on any atom is -0.493 e. The van der Waals surface area contributed by atoms with Gasteiger partial charge in [-0.1, -0.05) is 52.4 Å². The van der Waals surface area contributed by atoms with Crippen LogP contribution in [0.5, 0.6) is 11.5 Å². The van der Waals surface area contributed by atoms with Gasteiger partial charge in [0.25, 0.3) is 0 Å². The fourth-order valence-corrected chi connectivity index (χ4v) is 4.08. The van der Waals surface area contributed by atoms with Crippen LogP contribution in [0, 0.1) is 0 Å². The molecule has 0 spiro atoms. The van der Waals surface area contributed by atoms with Crippen molar-refractivity contribution in [2.24, 2.45) is 0 Å². The molecular weight excluding hydrogens is 471 g/mol. The van der Waals surface area contributed by atoms with Gasteiger partial charge in [0.05, 0.1) is 26.3 Å². The van der Waals surface area contributed by atoms with Crippen molar-refractivity contribution in [3.05, 3.63) is 36.5 Å². The summed E-state index contributed by atoms with van der Waals surface area (Å²) < 4.78 is 23.0. The Morgan fingerprint density at radius 3 is 2.16 bits per heavy atom. The number of rotatable bonds is 14. The quantitative estimate of drug-likeness (QED) is 0.273. The molecule has 9 heteroatoms. The lowest BCUT2D eigenvalue weighted by Crippen LogP contribution is -2.48. The molecule has 8 nitrogen and oxygen atoms in total. The summed E-state index contributed by atoms with van der Waals surface area (Å²) in [6.45, 7) is 5.66. The topological polar surface area (TPSA) is 87.2 Å². The Labute approximate surface area is 220 Å². The largest absolute Gasteiger partial charge is 0.656 e. The fraction of sp³-hybridized carbons (Fsp3) is 0.536. The summed E-state index contributed by atoms with van der Waals surface area (Å²) in [5.41, 5.74) is 2.02. The van der Waals surface area contributed by atoms with Gasteiger partial charge in [-0.25, -0.2) is 0 Å². The molecular formula is C28H39BN2O6. The summed E-state index contributed by atoms with van der Waals surface area (Å²) in [6, 6.07) is 9.45. The predicted molar refractivity (Wildman–Crippen MR) is 144 cm³/mol. The van der Waals surface area contributed by atoms with Crippen molar-refractivity contribution in [2.75, 3.05) is 33.4 Å². The van der Waals surface area contributed by atoms with Gasteiger partial charge in [0.2, 0.25) is 0 Å². The van der Waals surface area contributed by atoms with Crippen molar-refractivity contribution >= 4 is 24.7 Å². The summed E-state index contributed by atoms with van der Waals surface area (Å²) >= 11 is 0. The maximum absolute atomic E-state index is 12.2. The number of ether oxygens (including phenoxy) is 2. The zero-order chi connectivity index (χ0) is 26.5. The second-order valence-corrected chi connectivity index (χ2v) is 9.43. The van der Waals surface area contributed by atoms with E-state index >= 15 is 0 Å². The molecule has 3 rings (SSSR count). The van der Waals surface area contributed by atoms with Crippen molar-refractivity contribution in [3.8, 4) is 22.6 Å². The molecule has 1 aliphatic rings. The summed E-state index contributed by atoms with van der Waals surface area (Å²) in [7, 11) is 0.460. The Balaban J connectivity index is 1.80. The molecule has 1 fully saturated rings. The summed E-state index contributed by atoms with van der Waals surface area (Å²) in [4.78, 5) is 30.3. The van der Waals surface area contributed by atoms with Gasteiger partial charge in [-0.3, -0.25) is 19.5 Å². The standard InChI is InChI=1S/C28H39BN2O6/c1-4-6-8-10-16-34-23-12-13-24(25(19-23)35-17-11-9-7-5-2)22-14-15-30-26(18-22)29-36-27(32)20-31(3)21-28(33)37-29/h12-15,18-19H,4-11,16-17,20-21H2,1-3H3. The first kappa shape index (κ1) is 28.5. The van der Waals surface area contributed by atoms with E-state index in [-0.39, 0.29) is 13.1 Å². The number of benzene rings is 1. The molecule has 2 heterocycles. The highest BCUT2D eigenvalue weighted by Gasteiger charge is 2.35. The van der Waals surface area contributed by atoms with Crippen LogP contribution in [0.1, 0.15) is 65.2 Å². The van der Waals surface area contributed by atoms with Gasteiger partial charge in [0.15, 0.2) is 0 Å². The van der Waals surface area contributed by atoms with E-state index in [0.717, 1.165) is 42.6 Å². The van der Waals surface area contributed by atoms with Crippen molar-refractivity contribution in [1.29, 1.82) is 0 Å². The molecule has 0 N–H and O–H groups in total. The van der Waals surface area contributed by atoms with E-state index in [1.165, 1.54) is 25.7 Å². The molecule has 2 aromatic rings. The van der Waals surface area contributed by atoms with Crippen molar-refractivity contribution in [1.82, 2.24) is 9.88 Å². The molecule has 0 amide bonds. The third kappa shape index (κ3) is 9.39. The van der Waals surface area contributed by atoms with E-state index in [1.807, 2.05) is 24.3 Å². The minimum absolute atomic E-state index is 0.00121. The molecule has 1 aromatic heterocycles. The maximum Gasteiger partial charge on any atom is 0.656 e. The van der Waals surface area contributed by atoms with Crippen molar-refractivity contribution in [2.45, 2.75) is 65.2 Å². The Kier molecular flexibility index (Phi) is 11.7. The lowest BCUT2D eigenvalue weighted by atomic mass is 9.82. The lowest BCUT2D eigenvalue weighted by Gasteiger charge is -2.22. The zero-order valence-corrected chi connectivity index (χ0v) is 22.4. The van der Waals surface area contributed by atoms with Gasteiger partial charge in [0.1, 0.15) is 17.1 Å². The number of pyridine rings is 1. The summed E-state index contributed by atoms with van der Waals surface area (Å²) in [5.74, 6) is 0.519. The van der Waals surface area contributed by atoms with E-state index < -0.39 is 19.1 Å². The SMILES string of the molecule is CCCCCCOc1ccc(-c2ccnc(B3OC(=O)CN(C)CC(=O)O3)c2)c(OCCCCCC)c1. The van der Waals surface area contributed by atoms with Crippen LogP contribution in [0.25, 0.3) is 11.1 Å². The van der Waals surface area contributed by atoms with E-state index in [9.17, 15) is 9.59 Å².